The minimum Gasteiger partial charge on any atom is -0.392 e. The van der Waals surface area contributed by atoms with Gasteiger partial charge in [0.05, 0.1) is 13.2 Å². The van der Waals surface area contributed by atoms with Gasteiger partial charge in [0.1, 0.15) is 11.6 Å². The average Bonchev–Trinajstić information content (AvgIpc) is 2.57. The molecular formula is C17H16F2N2O3. The van der Waals surface area contributed by atoms with Crippen molar-refractivity contribution in [3.63, 3.8) is 0 Å². The van der Waals surface area contributed by atoms with E-state index in [1.54, 1.807) is 24.3 Å². The number of aliphatic hydroxyl groups excluding tert-OH is 1. The van der Waals surface area contributed by atoms with E-state index >= 15 is 0 Å². The smallest absolute Gasteiger partial charge is 0.251 e. The van der Waals surface area contributed by atoms with E-state index in [9.17, 15) is 23.5 Å². The lowest BCUT2D eigenvalue weighted by Crippen LogP contribution is -2.36. The number of carbonyl (C=O) groups excluding carboxylic acids is 2. The molecule has 2 aromatic carbocycles. The van der Waals surface area contributed by atoms with Crippen molar-refractivity contribution in [2.75, 3.05) is 6.54 Å². The third-order valence-corrected chi connectivity index (χ3v) is 3.30. The number of halogens is 2. The first-order valence-electron chi connectivity index (χ1n) is 7.18. The Balaban J connectivity index is 1.85. The fourth-order valence-electron chi connectivity index (χ4n) is 2.09. The number of amides is 2. The molecule has 0 aromatic heterocycles. The minimum absolute atomic E-state index is 0.145. The molecule has 0 radical (unpaired) electrons. The third kappa shape index (κ3) is 4.85. The van der Waals surface area contributed by atoms with Crippen molar-refractivity contribution in [2.24, 2.45) is 0 Å². The number of rotatable bonds is 6. The molecule has 2 amide bonds. The Morgan fingerprint density at radius 3 is 2.21 bits per heavy atom. The number of hydrogen-bond donors (Lipinski definition) is 3. The first kappa shape index (κ1) is 17.6. The van der Waals surface area contributed by atoms with Crippen LogP contribution in [0.25, 0.3) is 0 Å². The maximum absolute atomic E-state index is 13.0. The van der Waals surface area contributed by atoms with Crippen LogP contribution in [0.1, 0.15) is 21.5 Å². The second kappa shape index (κ2) is 8.16. The molecule has 0 aliphatic heterocycles. The highest BCUT2D eigenvalue weighted by Gasteiger charge is 2.11. The molecule has 5 nitrogen and oxygen atoms in total. The van der Waals surface area contributed by atoms with Gasteiger partial charge in [-0.2, -0.15) is 0 Å². The Morgan fingerprint density at radius 2 is 1.58 bits per heavy atom. The normalized spacial score (nSPS) is 10.3. The number of nitrogens with one attached hydrogen (secondary N) is 2. The van der Waals surface area contributed by atoms with Crippen LogP contribution in [0, 0.1) is 11.6 Å². The molecule has 0 aliphatic carbocycles. The van der Waals surface area contributed by atoms with E-state index in [1.165, 1.54) is 0 Å². The Kier molecular flexibility index (Phi) is 5.97. The van der Waals surface area contributed by atoms with Gasteiger partial charge in [-0.25, -0.2) is 8.78 Å². The molecule has 0 aliphatic rings. The number of aliphatic hydroxyl groups is 1. The highest BCUT2D eigenvalue weighted by molar-refractivity contribution is 5.96. The summed E-state index contributed by atoms with van der Waals surface area (Å²) < 4.78 is 26.1. The first-order valence-corrected chi connectivity index (χ1v) is 7.18. The van der Waals surface area contributed by atoms with Crippen LogP contribution in [0.2, 0.25) is 0 Å². The van der Waals surface area contributed by atoms with Crippen molar-refractivity contribution in [2.45, 2.75) is 13.2 Å². The number of hydrogen-bond acceptors (Lipinski definition) is 3. The highest BCUT2D eigenvalue weighted by Crippen LogP contribution is 2.08. The Labute approximate surface area is 137 Å². The Hall–Kier alpha value is -2.80. The van der Waals surface area contributed by atoms with E-state index in [0.29, 0.717) is 11.6 Å². The maximum atomic E-state index is 13.0. The molecule has 0 bridgehead atoms. The standard InChI is InChI=1S/C17H16F2N2O3/c18-14-5-13(6-15(19)7-14)17(24)21-9-16(23)20-8-11-3-1-2-4-12(11)10-22/h1-7,22H,8-10H2,(H,20,23)(H,21,24). The molecule has 0 saturated heterocycles. The fourth-order valence-corrected chi connectivity index (χ4v) is 2.09. The summed E-state index contributed by atoms with van der Waals surface area (Å²) in [6.07, 6.45) is 0. The molecule has 0 atom stereocenters. The second-order valence-electron chi connectivity index (χ2n) is 5.04. The van der Waals surface area contributed by atoms with Gasteiger partial charge in [-0.15, -0.1) is 0 Å². The van der Waals surface area contributed by atoms with Crippen LogP contribution < -0.4 is 10.6 Å². The minimum atomic E-state index is -0.870. The summed E-state index contributed by atoms with van der Waals surface area (Å²) in [5.74, 6) is -2.96. The predicted octanol–water partition coefficient (Wildman–Crippen LogP) is 1.50. The van der Waals surface area contributed by atoms with E-state index in [1.807, 2.05) is 0 Å². The van der Waals surface area contributed by atoms with Crippen LogP contribution in [-0.2, 0) is 17.9 Å². The molecule has 7 heteroatoms. The topological polar surface area (TPSA) is 78.4 Å². The van der Waals surface area contributed by atoms with Gasteiger partial charge in [0, 0.05) is 18.2 Å². The summed E-state index contributed by atoms with van der Waals surface area (Å²) in [6.45, 7) is -0.286. The summed E-state index contributed by atoms with van der Waals surface area (Å²) in [4.78, 5) is 23.5. The molecule has 24 heavy (non-hydrogen) atoms. The van der Waals surface area contributed by atoms with Gasteiger partial charge in [0.2, 0.25) is 5.91 Å². The van der Waals surface area contributed by atoms with Gasteiger partial charge in [-0.3, -0.25) is 9.59 Å². The average molecular weight is 334 g/mol. The van der Waals surface area contributed by atoms with Crippen LogP contribution >= 0.6 is 0 Å². The van der Waals surface area contributed by atoms with Crippen molar-refractivity contribution in [3.05, 3.63) is 70.8 Å². The maximum Gasteiger partial charge on any atom is 0.251 e. The largest absolute Gasteiger partial charge is 0.392 e. The van der Waals surface area contributed by atoms with Crippen LogP contribution in [0.4, 0.5) is 8.78 Å². The van der Waals surface area contributed by atoms with Gasteiger partial charge in [-0.1, -0.05) is 24.3 Å². The predicted molar refractivity (Wildman–Crippen MR) is 82.9 cm³/mol. The lowest BCUT2D eigenvalue weighted by molar-refractivity contribution is -0.120. The van der Waals surface area contributed by atoms with E-state index in [2.05, 4.69) is 10.6 Å². The van der Waals surface area contributed by atoms with Crippen molar-refractivity contribution >= 4 is 11.8 Å². The second-order valence-corrected chi connectivity index (χ2v) is 5.04. The van der Waals surface area contributed by atoms with E-state index in [0.717, 1.165) is 17.7 Å². The van der Waals surface area contributed by atoms with E-state index in [-0.39, 0.29) is 25.3 Å². The van der Waals surface area contributed by atoms with Crippen molar-refractivity contribution in [1.29, 1.82) is 0 Å². The Morgan fingerprint density at radius 1 is 0.958 bits per heavy atom. The monoisotopic (exact) mass is 334 g/mol. The Bertz CT molecular complexity index is 730. The van der Waals surface area contributed by atoms with E-state index < -0.39 is 23.4 Å². The summed E-state index contributed by atoms with van der Waals surface area (Å²) >= 11 is 0. The summed E-state index contributed by atoms with van der Waals surface area (Å²) in [5, 5.41) is 14.1. The number of carbonyl (C=O) groups is 2. The van der Waals surface area contributed by atoms with Crippen molar-refractivity contribution in [1.82, 2.24) is 10.6 Å². The summed E-state index contributed by atoms with van der Waals surface area (Å²) in [6, 6.07) is 9.47. The van der Waals surface area contributed by atoms with Crippen LogP contribution in [-0.4, -0.2) is 23.5 Å². The number of benzene rings is 2. The molecule has 2 rings (SSSR count). The van der Waals surface area contributed by atoms with E-state index in [4.69, 9.17) is 0 Å². The van der Waals surface area contributed by atoms with Crippen LogP contribution in [0.5, 0.6) is 0 Å². The molecule has 0 unspecified atom stereocenters. The first-order chi connectivity index (χ1) is 11.5. The van der Waals surface area contributed by atoms with Gasteiger partial charge in [0.15, 0.2) is 0 Å². The molecular weight excluding hydrogens is 318 g/mol. The van der Waals surface area contributed by atoms with Crippen LogP contribution in [0.3, 0.4) is 0 Å². The molecule has 0 fully saturated rings. The SMILES string of the molecule is O=C(CNC(=O)c1cc(F)cc(F)c1)NCc1ccccc1CO. The molecule has 2 aromatic rings. The zero-order valence-electron chi connectivity index (χ0n) is 12.7. The van der Waals surface area contributed by atoms with Crippen LogP contribution in [0.15, 0.2) is 42.5 Å². The zero-order chi connectivity index (χ0) is 17.5. The lowest BCUT2D eigenvalue weighted by Gasteiger charge is -2.10. The van der Waals surface area contributed by atoms with Gasteiger partial charge >= 0.3 is 0 Å². The van der Waals surface area contributed by atoms with Crippen molar-refractivity contribution < 1.29 is 23.5 Å². The molecule has 0 heterocycles. The molecule has 126 valence electrons. The third-order valence-electron chi connectivity index (χ3n) is 3.30. The van der Waals surface area contributed by atoms with Gasteiger partial charge in [0.25, 0.3) is 5.91 Å². The lowest BCUT2D eigenvalue weighted by atomic mass is 10.1. The molecule has 0 saturated carbocycles. The highest BCUT2D eigenvalue weighted by atomic mass is 19.1. The molecule has 0 spiro atoms. The zero-order valence-corrected chi connectivity index (χ0v) is 12.7. The summed E-state index contributed by atoms with van der Waals surface area (Å²) in [7, 11) is 0. The molecule has 3 N–H and O–H groups in total. The van der Waals surface area contributed by atoms with Gasteiger partial charge in [-0.05, 0) is 23.3 Å². The fraction of sp³-hybridized carbons (Fsp3) is 0.176. The van der Waals surface area contributed by atoms with Crippen molar-refractivity contribution in [3.8, 4) is 0 Å². The quantitative estimate of drug-likeness (QED) is 0.749. The summed E-state index contributed by atoms with van der Waals surface area (Å²) in [5.41, 5.74) is 1.25. The van der Waals surface area contributed by atoms with Gasteiger partial charge < -0.3 is 15.7 Å².